The van der Waals surface area contributed by atoms with Gasteiger partial charge in [-0.05, 0) is 57.8 Å². The number of nitrogens with zero attached hydrogens (tertiary/aromatic N) is 2. The van der Waals surface area contributed by atoms with Crippen molar-refractivity contribution in [3.05, 3.63) is 59.2 Å². The average molecular weight is 469 g/mol. The SMILES string of the molecule is CCOc1cccc(C(O)=C2C(=O)C(=O)N(CCN(C)C)C2c2ccc(OCC)c(OC)c2)c1. The summed E-state index contributed by atoms with van der Waals surface area (Å²) in [4.78, 5) is 29.7. The van der Waals surface area contributed by atoms with Crippen LogP contribution in [0.15, 0.2) is 48.0 Å². The Kier molecular flexibility index (Phi) is 8.17. The third kappa shape index (κ3) is 5.17. The van der Waals surface area contributed by atoms with E-state index < -0.39 is 17.7 Å². The normalized spacial score (nSPS) is 17.4. The van der Waals surface area contributed by atoms with Gasteiger partial charge in [0.15, 0.2) is 11.5 Å². The molecule has 0 spiro atoms. The van der Waals surface area contributed by atoms with Gasteiger partial charge in [-0.1, -0.05) is 18.2 Å². The fourth-order valence-corrected chi connectivity index (χ4v) is 3.95. The molecule has 2 aromatic rings. The molecule has 34 heavy (non-hydrogen) atoms. The number of ketones is 1. The Morgan fingerprint density at radius 2 is 1.76 bits per heavy atom. The molecule has 1 amide bonds. The fourth-order valence-electron chi connectivity index (χ4n) is 3.95. The van der Waals surface area contributed by atoms with Gasteiger partial charge in [-0.3, -0.25) is 9.59 Å². The van der Waals surface area contributed by atoms with E-state index in [1.54, 1.807) is 42.5 Å². The molecule has 1 heterocycles. The van der Waals surface area contributed by atoms with Crippen molar-refractivity contribution in [3.8, 4) is 17.2 Å². The molecule has 0 bridgehead atoms. The van der Waals surface area contributed by atoms with Gasteiger partial charge in [0, 0.05) is 18.7 Å². The van der Waals surface area contributed by atoms with Gasteiger partial charge in [-0.15, -0.1) is 0 Å². The van der Waals surface area contributed by atoms with E-state index >= 15 is 0 Å². The largest absolute Gasteiger partial charge is 0.507 e. The standard InChI is InChI=1S/C26H32N2O6/c1-6-33-19-10-8-9-18(15-19)24(29)22-23(28(14-13-27(3)4)26(31)25(22)30)17-11-12-20(34-7-2)21(16-17)32-5/h8-12,15-16,23,29H,6-7,13-14H2,1-5H3. The van der Waals surface area contributed by atoms with Crippen molar-refractivity contribution in [1.29, 1.82) is 0 Å². The molecule has 182 valence electrons. The Hall–Kier alpha value is -3.52. The van der Waals surface area contributed by atoms with Crippen LogP contribution in [0.5, 0.6) is 17.2 Å². The summed E-state index contributed by atoms with van der Waals surface area (Å²) in [6, 6.07) is 11.3. The Labute approximate surface area is 200 Å². The topological polar surface area (TPSA) is 88.5 Å². The van der Waals surface area contributed by atoms with E-state index in [0.717, 1.165) is 0 Å². The van der Waals surface area contributed by atoms with Gasteiger partial charge in [0.25, 0.3) is 11.7 Å². The molecule has 1 unspecified atom stereocenters. The van der Waals surface area contributed by atoms with Crippen LogP contribution in [0.4, 0.5) is 0 Å². The zero-order valence-corrected chi connectivity index (χ0v) is 20.3. The van der Waals surface area contributed by atoms with Crippen LogP contribution in [-0.2, 0) is 9.59 Å². The van der Waals surface area contributed by atoms with Crippen LogP contribution in [0.25, 0.3) is 5.76 Å². The molecule has 1 saturated heterocycles. The number of carbonyl (C=O) groups excluding carboxylic acids is 2. The lowest BCUT2D eigenvalue weighted by Crippen LogP contribution is -2.35. The number of methoxy groups -OCH3 is 1. The van der Waals surface area contributed by atoms with E-state index in [1.807, 2.05) is 32.8 Å². The predicted molar refractivity (Wildman–Crippen MR) is 129 cm³/mol. The molecule has 1 fully saturated rings. The van der Waals surface area contributed by atoms with Crippen LogP contribution < -0.4 is 14.2 Å². The maximum atomic E-state index is 13.2. The quantitative estimate of drug-likeness (QED) is 0.324. The minimum absolute atomic E-state index is 0.0311. The highest BCUT2D eigenvalue weighted by Crippen LogP contribution is 2.42. The van der Waals surface area contributed by atoms with Gasteiger partial charge in [-0.2, -0.15) is 0 Å². The number of Topliss-reactive ketones (excluding diaryl/α,β-unsaturated/α-hetero) is 1. The van der Waals surface area contributed by atoms with Crippen LogP contribution in [0.1, 0.15) is 31.0 Å². The zero-order chi connectivity index (χ0) is 24.8. The summed E-state index contributed by atoms with van der Waals surface area (Å²) in [5.41, 5.74) is 1.07. The maximum Gasteiger partial charge on any atom is 0.295 e. The molecule has 0 saturated carbocycles. The Balaban J connectivity index is 2.17. The highest BCUT2D eigenvalue weighted by Gasteiger charge is 2.46. The molecular formula is C26H32N2O6. The number of amides is 1. The number of hydrogen-bond acceptors (Lipinski definition) is 7. The molecule has 1 aliphatic rings. The van der Waals surface area contributed by atoms with E-state index in [2.05, 4.69) is 0 Å². The molecule has 8 nitrogen and oxygen atoms in total. The van der Waals surface area contributed by atoms with Crippen LogP contribution in [0.3, 0.4) is 0 Å². The maximum absolute atomic E-state index is 13.2. The number of hydrogen-bond donors (Lipinski definition) is 1. The zero-order valence-electron chi connectivity index (χ0n) is 20.3. The smallest absolute Gasteiger partial charge is 0.295 e. The molecular weight excluding hydrogens is 436 g/mol. The monoisotopic (exact) mass is 468 g/mol. The number of carbonyl (C=O) groups is 2. The lowest BCUT2D eigenvalue weighted by Gasteiger charge is -2.27. The fraction of sp³-hybridized carbons (Fsp3) is 0.385. The second-order valence-corrected chi connectivity index (χ2v) is 8.10. The van der Waals surface area contributed by atoms with E-state index in [9.17, 15) is 14.7 Å². The second-order valence-electron chi connectivity index (χ2n) is 8.10. The summed E-state index contributed by atoms with van der Waals surface area (Å²) >= 11 is 0. The van der Waals surface area contributed by atoms with Gasteiger partial charge >= 0.3 is 0 Å². The number of aliphatic hydroxyl groups is 1. The van der Waals surface area contributed by atoms with Gasteiger partial charge in [-0.25, -0.2) is 0 Å². The summed E-state index contributed by atoms with van der Waals surface area (Å²) in [6.07, 6.45) is 0. The minimum atomic E-state index is -0.778. The lowest BCUT2D eigenvalue weighted by molar-refractivity contribution is -0.140. The Bertz CT molecular complexity index is 1080. The summed E-state index contributed by atoms with van der Waals surface area (Å²) in [7, 11) is 5.32. The second kappa shape index (κ2) is 11.1. The molecule has 8 heteroatoms. The first-order chi connectivity index (χ1) is 16.3. The van der Waals surface area contributed by atoms with E-state index in [1.165, 1.54) is 12.0 Å². The number of likely N-dealkylation sites (tertiary alicyclic amines) is 1. The summed E-state index contributed by atoms with van der Waals surface area (Å²) in [5, 5.41) is 11.3. The lowest BCUT2D eigenvalue weighted by atomic mass is 9.95. The van der Waals surface area contributed by atoms with Crippen molar-refractivity contribution >= 4 is 17.4 Å². The van der Waals surface area contributed by atoms with Crippen molar-refractivity contribution in [3.63, 3.8) is 0 Å². The van der Waals surface area contributed by atoms with Crippen molar-refractivity contribution in [2.45, 2.75) is 19.9 Å². The third-order valence-electron chi connectivity index (χ3n) is 5.55. The number of ether oxygens (including phenoxy) is 3. The first-order valence-electron chi connectivity index (χ1n) is 11.3. The van der Waals surface area contributed by atoms with Crippen molar-refractivity contribution in [2.24, 2.45) is 0 Å². The Morgan fingerprint density at radius 1 is 1.03 bits per heavy atom. The number of aliphatic hydroxyl groups excluding tert-OH is 1. The summed E-state index contributed by atoms with van der Waals surface area (Å²) in [6.45, 7) is 5.53. The van der Waals surface area contributed by atoms with Crippen LogP contribution in [-0.4, -0.2) is 74.1 Å². The molecule has 1 atom stereocenters. The van der Waals surface area contributed by atoms with Gasteiger partial charge in [0.1, 0.15) is 11.5 Å². The number of benzene rings is 2. The molecule has 0 aromatic heterocycles. The average Bonchev–Trinajstić information content (AvgIpc) is 3.08. The van der Waals surface area contributed by atoms with Crippen LogP contribution in [0, 0.1) is 0 Å². The minimum Gasteiger partial charge on any atom is -0.507 e. The molecule has 0 radical (unpaired) electrons. The van der Waals surface area contributed by atoms with Gasteiger partial charge in [0.2, 0.25) is 0 Å². The highest BCUT2D eigenvalue weighted by molar-refractivity contribution is 6.46. The van der Waals surface area contributed by atoms with Crippen molar-refractivity contribution < 1.29 is 28.9 Å². The van der Waals surface area contributed by atoms with E-state index in [4.69, 9.17) is 14.2 Å². The van der Waals surface area contributed by atoms with E-state index in [0.29, 0.717) is 54.7 Å². The highest BCUT2D eigenvalue weighted by atomic mass is 16.5. The predicted octanol–water partition coefficient (Wildman–Crippen LogP) is 3.48. The number of likely N-dealkylation sites (N-methyl/N-ethyl adjacent to an activating group) is 1. The van der Waals surface area contributed by atoms with Crippen LogP contribution >= 0.6 is 0 Å². The van der Waals surface area contributed by atoms with Gasteiger partial charge in [0.05, 0.1) is 31.9 Å². The Morgan fingerprint density at radius 3 is 2.41 bits per heavy atom. The third-order valence-corrected chi connectivity index (χ3v) is 5.55. The first kappa shape index (κ1) is 25.1. The summed E-state index contributed by atoms with van der Waals surface area (Å²) in [5.74, 6) is -0.0183. The molecule has 2 aromatic carbocycles. The molecule has 3 rings (SSSR count). The number of rotatable bonds is 10. The van der Waals surface area contributed by atoms with Gasteiger partial charge < -0.3 is 29.1 Å². The van der Waals surface area contributed by atoms with Crippen LogP contribution in [0.2, 0.25) is 0 Å². The molecule has 1 N–H and O–H groups in total. The molecule has 0 aliphatic carbocycles. The van der Waals surface area contributed by atoms with Crippen molar-refractivity contribution in [1.82, 2.24) is 9.80 Å². The first-order valence-corrected chi connectivity index (χ1v) is 11.3. The summed E-state index contributed by atoms with van der Waals surface area (Å²) < 4.78 is 16.6. The molecule has 1 aliphatic heterocycles. The van der Waals surface area contributed by atoms with E-state index in [-0.39, 0.29) is 11.3 Å². The van der Waals surface area contributed by atoms with Crippen molar-refractivity contribution in [2.75, 3.05) is 47.5 Å².